The van der Waals surface area contributed by atoms with E-state index >= 15 is 0 Å². The van der Waals surface area contributed by atoms with E-state index in [0.717, 1.165) is 5.56 Å². The van der Waals surface area contributed by atoms with Gasteiger partial charge >= 0.3 is 0 Å². The number of Topliss-reactive ketones (excluding diaryl/α,β-unsaturated/α-hetero) is 2. The Bertz CT molecular complexity index is 1200. The molecule has 0 fully saturated rings. The summed E-state index contributed by atoms with van der Waals surface area (Å²) in [6.07, 6.45) is 0.344. The molecule has 0 heterocycles. The van der Waals surface area contributed by atoms with Gasteiger partial charge in [-0.1, -0.05) is 19.9 Å². The van der Waals surface area contributed by atoms with Crippen LogP contribution in [0.1, 0.15) is 41.8 Å². The number of rotatable bonds is 5. The maximum atomic E-state index is 13.6. The number of allylic oxidation sites excluding steroid dienone is 1. The number of nitrogens with zero attached hydrogens (tertiary/aromatic N) is 1. The number of aromatic hydroxyl groups is 1. The Morgan fingerprint density at radius 1 is 1.23 bits per heavy atom. The van der Waals surface area contributed by atoms with Gasteiger partial charge in [0.05, 0.1) is 11.6 Å². The quantitative estimate of drug-likeness (QED) is 0.327. The topological polar surface area (TPSA) is 173 Å². The van der Waals surface area contributed by atoms with Crippen molar-refractivity contribution in [2.24, 2.45) is 17.6 Å². The van der Waals surface area contributed by atoms with E-state index in [1.807, 2.05) is 13.8 Å². The van der Waals surface area contributed by atoms with Crippen molar-refractivity contribution in [1.82, 2.24) is 10.2 Å². The van der Waals surface area contributed by atoms with Gasteiger partial charge in [-0.25, -0.2) is 0 Å². The fourth-order valence-corrected chi connectivity index (χ4v) is 5.79. The van der Waals surface area contributed by atoms with Gasteiger partial charge in [0.25, 0.3) is 5.91 Å². The lowest BCUT2D eigenvalue weighted by atomic mass is 9.58. The Hall–Kier alpha value is -3.21. The molecule has 0 radical (unpaired) electrons. The van der Waals surface area contributed by atoms with E-state index in [0.29, 0.717) is 12.1 Å². The maximum Gasteiger partial charge on any atom is 0.255 e. The van der Waals surface area contributed by atoms with E-state index in [-0.39, 0.29) is 35.8 Å². The summed E-state index contributed by atoms with van der Waals surface area (Å²) in [4.78, 5) is 40.4. The van der Waals surface area contributed by atoms with E-state index in [4.69, 9.17) is 5.73 Å². The molecule has 3 aliphatic rings. The van der Waals surface area contributed by atoms with Crippen LogP contribution in [-0.4, -0.2) is 74.6 Å². The number of ketones is 2. The number of benzene rings is 1. The van der Waals surface area contributed by atoms with E-state index in [1.165, 1.54) is 11.0 Å². The monoisotopic (exact) mass is 485 g/mol. The van der Waals surface area contributed by atoms with Crippen LogP contribution in [0.2, 0.25) is 0 Å². The largest absolute Gasteiger partial charge is 0.510 e. The molecule has 0 unspecified atom stereocenters. The SMILES string of the molecule is CC(C)NCc1ccc(O)c2c1C[C@H]1C[C@H]3[C@H](N(C)C)C(O)=C(C(N)=O)C(=O)[C@@]3(O)C(O)=C1C2=O. The number of phenolic OH excluding ortho intramolecular Hbond substituents is 1. The van der Waals surface area contributed by atoms with Gasteiger partial charge < -0.3 is 31.5 Å². The zero-order valence-electron chi connectivity index (χ0n) is 20.1. The fourth-order valence-electron chi connectivity index (χ4n) is 5.79. The standard InChI is InChI=1S/C25H31N3O7/c1-10(2)27-9-11-5-6-15(29)17-13(11)7-12-8-14-19(28(3)4)21(31)18(24(26)34)23(33)25(14,35)22(32)16(12)20(17)30/h5-6,10,12,14,19,27,29,31-32,35H,7-9H2,1-4H3,(H2,26,34)/t12-,14-,19-,25-/m0/s1. The summed E-state index contributed by atoms with van der Waals surface area (Å²) in [5.74, 6) is -6.49. The predicted molar refractivity (Wildman–Crippen MR) is 126 cm³/mol. The second-order valence-electron chi connectivity index (χ2n) is 10.1. The normalized spacial score (nSPS) is 28.4. The molecule has 10 nitrogen and oxygen atoms in total. The molecule has 1 amide bonds. The molecular formula is C25H31N3O7. The van der Waals surface area contributed by atoms with Crippen LogP contribution in [0.25, 0.3) is 0 Å². The summed E-state index contributed by atoms with van der Waals surface area (Å²) in [5.41, 5.74) is 3.21. The summed E-state index contributed by atoms with van der Waals surface area (Å²) < 4.78 is 0. The molecule has 0 spiro atoms. The first-order chi connectivity index (χ1) is 16.3. The first-order valence-electron chi connectivity index (χ1n) is 11.5. The van der Waals surface area contributed by atoms with Crippen LogP contribution in [0.4, 0.5) is 0 Å². The Morgan fingerprint density at radius 2 is 1.89 bits per heavy atom. The highest BCUT2D eigenvalue weighted by Gasteiger charge is 2.63. The van der Waals surface area contributed by atoms with Gasteiger partial charge in [0.2, 0.25) is 5.78 Å². The predicted octanol–water partition coefficient (Wildman–Crippen LogP) is 0.619. The molecule has 3 aliphatic carbocycles. The lowest BCUT2D eigenvalue weighted by Crippen LogP contribution is -2.63. The summed E-state index contributed by atoms with van der Waals surface area (Å²) in [6, 6.07) is 2.33. The van der Waals surface area contributed by atoms with Gasteiger partial charge in [-0.2, -0.15) is 0 Å². The van der Waals surface area contributed by atoms with Gasteiger partial charge in [-0.05, 0) is 50.0 Å². The first kappa shape index (κ1) is 24.9. The summed E-state index contributed by atoms with van der Waals surface area (Å²) in [7, 11) is 3.20. The van der Waals surface area contributed by atoms with Crippen LogP contribution in [-0.2, 0) is 22.6 Å². The van der Waals surface area contributed by atoms with Crippen molar-refractivity contribution in [1.29, 1.82) is 0 Å². The van der Waals surface area contributed by atoms with Gasteiger partial charge in [0.1, 0.15) is 22.8 Å². The fraction of sp³-hybridized carbons (Fsp3) is 0.480. The summed E-state index contributed by atoms with van der Waals surface area (Å²) in [6.45, 7) is 4.43. The minimum absolute atomic E-state index is 0.0221. The van der Waals surface area contributed by atoms with Crippen LogP contribution in [0.3, 0.4) is 0 Å². The van der Waals surface area contributed by atoms with E-state index in [1.54, 1.807) is 20.2 Å². The number of hydrogen-bond acceptors (Lipinski definition) is 9. The minimum Gasteiger partial charge on any atom is -0.510 e. The van der Waals surface area contributed by atoms with Crippen molar-refractivity contribution < 1.29 is 34.8 Å². The van der Waals surface area contributed by atoms with Gasteiger partial charge in [0, 0.05) is 24.1 Å². The Labute approximate surface area is 202 Å². The number of aliphatic hydroxyl groups excluding tert-OH is 2. The number of amides is 1. The number of primary amides is 1. The number of hydrogen-bond donors (Lipinski definition) is 6. The zero-order chi connectivity index (χ0) is 26.0. The summed E-state index contributed by atoms with van der Waals surface area (Å²) in [5, 5.41) is 47.5. The molecule has 0 saturated carbocycles. The van der Waals surface area contributed by atoms with Crippen molar-refractivity contribution in [2.45, 2.75) is 50.9 Å². The van der Waals surface area contributed by atoms with Crippen molar-refractivity contribution in [3.05, 3.63) is 51.5 Å². The van der Waals surface area contributed by atoms with Gasteiger partial charge in [0.15, 0.2) is 11.4 Å². The third-order valence-electron chi connectivity index (χ3n) is 7.40. The third kappa shape index (κ3) is 3.55. The highest BCUT2D eigenvalue weighted by molar-refractivity contribution is 6.24. The molecule has 0 aliphatic heterocycles. The molecule has 10 heteroatoms. The molecule has 0 bridgehead atoms. The lowest BCUT2D eigenvalue weighted by Gasteiger charge is -2.50. The van der Waals surface area contributed by atoms with Crippen molar-refractivity contribution in [3.8, 4) is 5.75 Å². The molecule has 0 saturated heterocycles. The van der Waals surface area contributed by atoms with Crippen molar-refractivity contribution in [3.63, 3.8) is 0 Å². The number of fused-ring (bicyclic) bond motifs is 3. The van der Waals surface area contributed by atoms with Gasteiger partial charge in [-0.15, -0.1) is 0 Å². The zero-order valence-corrected chi connectivity index (χ0v) is 20.1. The minimum atomic E-state index is -2.63. The Kier molecular flexibility index (Phi) is 6.03. The lowest BCUT2D eigenvalue weighted by molar-refractivity contribution is -0.148. The number of nitrogens with one attached hydrogen (secondary N) is 1. The number of likely N-dealkylation sites (N-methyl/N-ethyl adjacent to an activating group) is 1. The van der Waals surface area contributed by atoms with Crippen molar-refractivity contribution in [2.75, 3.05) is 14.1 Å². The molecule has 188 valence electrons. The number of carbonyl (C=O) groups is 3. The summed E-state index contributed by atoms with van der Waals surface area (Å²) >= 11 is 0. The smallest absolute Gasteiger partial charge is 0.255 e. The van der Waals surface area contributed by atoms with E-state index in [2.05, 4.69) is 5.32 Å². The Balaban J connectivity index is 1.91. The first-order valence-corrected chi connectivity index (χ1v) is 11.5. The molecular weight excluding hydrogens is 454 g/mol. The second kappa shape index (κ2) is 8.47. The van der Waals surface area contributed by atoms with Crippen LogP contribution in [0.5, 0.6) is 5.75 Å². The molecule has 35 heavy (non-hydrogen) atoms. The van der Waals surface area contributed by atoms with E-state index in [9.17, 15) is 34.8 Å². The average molecular weight is 486 g/mol. The van der Waals surface area contributed by atoms with Crippen LogP contribution >= 0.6 is 0 Å². The van der Waals surface area contributed by atoms with Crippen LogP contribution in [0.15, 0.2) is 34.8 Å². The third-order valence-corrected chi connectivity index (χ3v) is 7.40. The van der Waals surface area contributed by atoms with Crippen LogP contribution in [0, 0.1) is 11.8 Å². The Morgan fingerprint density at radius 3 is 2.46 bits per heavy atom. The van der Waals surface area contributed by atoms with Crippen molar-refractivity contribution >= 4 is 17.5 Å². The molecule has 4 atom stereocenters. The van der Waals surface area contributed by atoms with Gasteiger partial charge in [-0.3, -0.25) is 19.3 Å². The number of phenols is 1. The number of carbonyl (C=O) groups excluding carboxylic acids is 3. The van der Waals surface area contributed by atoms with Crippen LogP contribution < -0.4 is 11.1 Å². The molecule has 0 aromatic heterocycles. The molecule has 7 N–H and O–H groups in total. The molecule has 4 rings (SSSR count). The molecule has 1 aromatic carbocycles. The highest BCUT2D eigenvalue weighted by Crippen LogP contribution is 2.52. The van der Waals surface area contributed by atoms with E-state index < -0.39 is 58.0 Å². The molecule has 1 aromatic rings. The number of nitrogens with two attached hydrogens (primary N) is 1. The second-order valence-corrected chi connectivity index (χ2v) is 10.1. The highest BCUT2D eigenvalue weighted by atomic mass is 16.3. The number of aliphatic hydroxyl groups is 3. The average Bonchev–Trinajstić information content (AvgIpc) is 2.75. The maximum absolute atomic E-state index is 13.6.